The van der Waals surface area contributed by atoms with Crippen molar-refractivity contribution in [2.75, 3.05) is 50.1 Å². The van der Waals surface area contributed by atoms with Gasteiger partial charge in [0.1, 0.15) is 11.0 Å². The summed E-state index contributed by atoms with van der Waals surface area (Å²) in [5, 5.41) is 13.3. The molecule has 1 aliphatic heterocycles. The van der Waals surface area contributed by atoms with Crippen molar-refractivity contribution in [2.45, 2.75) is 0 Å². The lowest BCUT2D eigenvalue weighted by molar-refractivity contribution is -0.116. The number of carbonyl (C=O) groups excluding carboxylic acids is 2. The molecule has 2 N–H and O–H groups in total. The summed E-state index contributed by atoms with van der Waals surface area (Å²) in [7, 11) is 1.59. The molecule has 0 aliphatic carbocycles. The SMILES string of the molecule is CN(CC(=O)Nc1ccc(N2CCOCC2)cc1)C(=O)c1ccc2n[nH]nc2c1. The number of anilines is 2. The van der Waals surface area contributed by atoms with Gasteiger partial charge in [0, 0.05) is 37.1 Å². The van der Waals surface area contributed by atoms with Gasteiger partial charge in [-0.2, -0.15) is 15.4 Å². The first-order valence-corrected chi connectivity index (χ1v) is 9.39. The Kier molecular flexibility index (Phi) is 5.39. The Hall–Kier alpha value is -3.46. The molecule has 1 aliphatic rings. The first-order chi connectivity index (χ1) is 14.1. The van der Waals surface area contributed by atoms with Gasteiger partial charge < -0.3 is 19.9 Å². The summed E-state index contributed by atoms with van der Waals surface area (Å²) < 4.78 is 5.36. The van der Waals surface area contributed by atoms with Crippen molar-refractivity contribution < 1.29 is 14.3 Å². The molecule has 150 valence electrons. The van der Waals surface area contributed by atoms with E-state index in [1.807, 2.05) is 24.3 Å². The minimum absolute atomic E-state index is 0.0547. The predicted octanol–water partition coefficient (Wildman–Crippen LogP) is 1.51. The number of rotatable bonds is 5. The number of benzene rings is 2. The molecular weight excluding hydrogens is 372 g/mol. The lowest BCUT2D eigenvalue weighted by Crippen LogP contribution is -2.36. The number of hydrogen-bond acceptors (Lipinski definition) is 6. The van der Waals surface area contributed by atoms with Crippen LogP contribution in [0.15, 0.2) is 42.5 Å². The van der Waals surface area contributed by atoms with Crippen molar-refractivity contribution in [3.63, 3.8) is 0 Å². The number of amides is 2. The first-order valence-electron chi connectivity index (χ1n) is 9.39. The average Bonchev–Trinajstić information content (AvgIpc) is 3.22. The largest absolute Gasteiger partial charge is 0.378 e. The molecule has 0 unspecified atom stereocenters. The second-order valence-electron chi connectivity index (χ2n) is 6.88. The number of likely N-dealkylation sites (N-methyl/N-ethyl adjacent to an activating group) is 1. The van der Waals surface area contributed by atoms with E-state index in [2.05, 4.69) is 25.6 Å². The monoisotopic (exact) mass is 394 g/mol. The van der Waals surface area contributed by atoms with E-state index in [0.717, 1.165) is 32.0 Å². The molecule has 1 saturated heterocycles. The van der Waals surface area contributed by atoms with Gasteiger partial charge in [0.2, 0.25) is 5.91 Å². The Morgan fingerprint density at radius 2 is 1.83 bits per heavy atom. The highest BCUT2D eigenvalue weighted by molar-refractivity contribution is 6.00. The third-order valence-electron chi connectivity index (χ3n) is 4.82. The van der Waals surface area contributed by atoms with Crippen LogP contribution >= 0.6 is 0 Å². The van der Waals surface area contributed by atoms with E-state index in [9.17, 15) is 9.59 Å². The van der Waals surface area contributed by atoms with E-state index in [1.165, 1.54) is 4.90 Å². The molecule has 9 heteroatoms. The zero-order chi connectivity index (χ0) is 20.2. The lowest BCUT2D eigenvalue weighted by Gasteiger charge is -2.28. The molecular formula is C20H22N6O3. The third kappa shape index (κ3) is 4.35. The molecule has 4 rings (SSSR count). The van der Waals surface area contributed by atoms with E-state index in [-0.39, 0.29) is 18.4 Å². The van der Waals surface area contributed by atoms with Crippen LogP contribution in [0, 0.1) is 0 Å². The average molecular weight is 394 g/mol. The number of aromatic nitrogens is 3. The Morgan fingerprint density at radius 3 is 2.59 bits per heavy atom. The number of nitrogens with one attached hydrogen (secondary N) is 2. The van der Waals surface area contributed by atoms with Gasteiger partial charge in [0.25, 0.3) is 5.91 Å². The fraction of sp³-hybridized carbons (Fsp3) is 0.300. The Labute approximate surface area is 167 Å². The maximum Gasteiger partial charge on any atom is 0.254 e. The number of aromatic amines is 1. The number of ether oxygens (including phenoxy) is 1. The number of morpholine rings is 1. The van der Waals surface area contributed by atoms with Crippen molar-refractivity contribution in [3.05, 3.63) is 48.0 Å². The smallest absolute Gasteiger partial charge is 0.254 e. The van der Waals surface area contributed by atoms with Gasteiger partial charge >= 0.3 is 0 Å². The van der Waals surface area contributed by atoms with Crippen LogP contribution in [-0.4, -0.2) is 72.0 Å². The van der Waals surface area contributed by atoms with Crippen molar-refractivity contribution >= 4 is 34.2 Å². The summed E-state index contributed by atoms with van der Waals surface area (Å²) >= 11 is 0. The van der Waals surface area contributed by atoms with Crippen LogP contribution in [0.3, 0.4) is 0 Å². The van der Waals surface area contributed by atoms with Gasteiger partial charge in [0.15, 0.2) is 0 Å². The molecule has 1 fully saturated rings. The molecule has 0 atom stereocenters. The highest BCUT2D eigenvalue weighted by Gasteiger charge is 2.16. The fourth-order valence-electron chi connectivity index (χ4n) is 3.26. The molecule has 0 radical (unpaired) electrons. The standard InChI is InChI=1S/C20H22N6O3/c1-25(20(28)14-2-7-17-18(12-14)23-24-22-17)13-19(27)21-15-3-5-16(6-4-15)26-8-10-29-11-9-26/h2-7,12H,8-11,13H2,1H3,(H,21,27)(H,22,23,24). The van der Waals surface area contributed by atoms with Crippen LogP contribution < -0.4 is 10.2 Å². The van der Waals surface area contributed by atoms with Gasteiger partial charge in [-0.1, -0.05) is 0 Å². The van der Waals surface area contributed by atoms with Gasteiger partial charge in [-0.3, -0.25) is 9.59 Å². The molecule has 3 aromatic rings. The Balaban J connectivity index is 1.34. The van der Waals surface area contributed by atoms with Crippen molar-refractivity contribution in [1.29, 1.82) is 0 Å². The van der Waals surface area contributed by atoms with Crippen LogP contribution in [0.5, 0.6) is 0 Å². The summed E-state index contributed by atoms with van der Waals surface area (Å²) in [4.78, 5) is 28.6. The first kappa shape index (κ1) is 18.9. The van der Waals surface area contributed by atoms with Crippen LogP contribution in [0.2, 0.25) is 0 Å². The Bertz CT molecular complexity index is 1010. The number of carbonyl (C=O) groups is 2. The molecule has 0 spiro atoms. The van der Waals surface area contributed by atoms with Gasteiger partial charge in [-0.15, -0.1) is 0 Å². The molecule has 0 saturated carbocycles. The van der Waals surface area contributed by atoms with E-state index >= 15 is 0 Å². The van der Waals surface area contributed by atoms with Gasteiger partial charge in [0.05, 0.1) is 19.8 Å². The van der Waals surface area contributed by atoms with Crippen molar-refractivity contribution in [2.24, 2.45) is 0 Å². The second kappa shape index (κ2) is 8.27. The maximum absolute atomic E-state index is 12.6. The third-order valence-corrected chi connectivity index (χ3v) is 4.82. The summed E-state index contributed by atoms with van der Waals surface area (Å²) in [6.07, 6.45) is 0. The molecule has 2 heterocycles. The van der Waals surface area contributed by atoms with Gasteiger partial charge in [-0.05, 0) is 42.5 Å². The van der Waals surface area contributed by atoms with Crippen molar-refractivity contribution in [1.82, 2.24) is 20.3 Å². The predicted molar refractivity (Wildman–Crippen MR) is 109 cm³/mol. The molecule has 2 aromatic carbocycles. The lowest BCUT2D eigenvalue weighted by atomic mass is 10.2. The fourth-order valence-corrected chi connectivity index (χ4v) is 3.26. The van der Waals surface area contributed by atoms with Crippen molar-refractivity contribution in [3.8, 4) is 0 Å². The zero-order valence-corrected chi connectivity index (χ0v) is 16.1. The van der Waals surface area contributed by atoms with E-state index < -0.39 is 0 Å². The number of hydrogen-bond donors (Lipinski definition) is 2. The summed E-state index contributed by atoms with van der Waals surface area (Å²) in [5.74, 6) is -0.518. The Morgan fingerprint density at radius 1 is 1.10 bits per heavy atom. The van der Waals surface area contributed by atoms with Crippen LogP contribution in [0.25, 0.3) is 11.0 Å². The summed E-state index contributed by atoms with van der Waals surface area (Å²) in [6.45, 7) is 3.11. The normalized spacial score (nSPS) is 14.0. The minimum atomic E-state index is -0.262. The molecule has 29 heavy (non-hydrogen) atoms. The summed E-state index contributed by atoms with van der Waals surface area (Å²) in [6, 6.07) is 12.7. The van der Waals surface area contributed by atoms with Gasteiger partial charge in [-0.25, -0.2) is 0 Å². The topological polar surface area (TPSA) is 103 Å². The molecule has 1 aromatic heterocycles. The number of nitrogens with zero attached hydrogens (tertiary/aromatic N) is 4. The number of fused-ring (bicyclic) bond motifs is 1. The molecule has 9 nitrogen and oxygen atoms in total. The van der Waals surface area contributed by atoms with E-state index in [4.69, 9.17) is 4.74 Å². The number of H-pyrrole nitrogens is 1. The van der Waals surface area contributed by atoms with Crippen LogP contribution in [0.4, 0.5) is 11.4 Å². The minimum Gasteiger partial charge on any atom is -0.378 e. The zero-order valence-electron chi connectivity index (χ0n) is 16.1. The van der Waals surface area contributed by atoms with E-state index in [0.29, 0.717) is 22.3 Å². The quantitative estimate of drug-likeness (QED) is 0.680. The van der Waals surface area contributed by atoms with E-state index in [1.54, 1.807) is 25.2 Å². The maximum atomic E-state index is 12.6. The summed E-state index contributed by atoms with van der Waals surface area (Å²) in [5.41, 5.74) is 3.53. The molecule has 0 bridgehead atoms. The van der Waals surface area contributed by atoms with Crippen LogP contribution in [-0.2, 0) is 9.53 Å². The highest BCUT2D eigenvalue weighted by Crippen LogP contribution is 2.19. The van der Waals surface area contributed by atoms with Crippen LogP contribution in [0.1, 0.15) is 10.4 Å². The molecule has 2 amide bonds. The highest BCUT2D eigenvalue weighted by atomic mass is 16.5. The second-order valence-corrected chi connectivity index (χ2v) is 6.88.